The van der Waals surface area contributed by atoms with Gasteiger partial charge in [0.15, 0.2) is 15.6 Å². The summed E-state index contributed by atoms with van der Waals surface area (Å²) in [6.07, 6.45) is 6.02. The van der Waals surface area contributed by atoms with E-state index in [4.69, 9.17) is 11.6 Å². The Kier molecular flexibility index (Phi) is 6.14. The van der Waals surface area contributed by atoms with Crippen LogP contribution in [0.2, 0.25) is 5.02 Å². The molecule has 8 heteroatoms. The maximum absolute atomic E-state index is 12.9. The lowest BCUT2D eigenvalue weighted by atomic mass is 9.93. The van der Waals surface area contributed by atoms with Gasteiger partial charge in [-0.05, 0) is 74.4 Å². The Morgan fingerprint density at radius 2 is 1.97 bits per heavy atom. The van der Waals surface area contributed by atoms with E-state index in [1.54, 1.807) is 12.1 Å². The number of carbonyl (C=O) groups excluding carboxylic acids is 1. The third-order valence-corrected chi connectivity index (χ3v) is 8.37. The molecule has 2 aliphatic rings. The number of aromatic hydroxyl groups is 1. The second kappa shape index (κ2) is 8.65. The maximum atomic E-state index is 12.9. The number of Topliss-reactive ketones (excluding diaryl/α,β-unsaturated/α-hetero) is 1. The van der Waals surface area contributed by atoms with Gasteiger partial charge >= 0.3 is 0 Å². The Balaban J connectivity index is 1.51. The minimum atomic E-state index is -3.50. The van der Waals surface area contributed by atoms with Gasteiger partial charge in [-0.15, -0.1) is 0 Å². The summed E-state index contributed by atoms with van der Waals surface area (Å²) in [6, 6.07) is 4.67. The number of nitrogens with zero attached hydrogens (tertiary/aromatic N) is 1. The molecule has 1 atom stereocenters. The predicted molar refractivity (Wildman–Crippen MR) is 115 cm³/mol. The van der Waals surface area contributed by atoms with Gasteiger partial charge in [0, 0.05) is 35.0 Å². The van der Waals surface area contributed by atoms with Crippen molar-refractivity contribution >= 4 is 27.2 Å². The molecular weight excluding hydrogens is 424 g/mol. The molecule has 1 fully saturated rings. The molecule has 2 N–H and O–H groups in total. The third kappa shape index (κ3) is 4.38. The summed E-state index contributed by atoms with van der Waals surface area (Å²) in [5.74, 6) is 0.0374. The Labute approximate surface area is 181 Å². The second-order valence-electron chi connectivity index (χ2n) is 8.21. The number of phenolic OH excluding ortho intramolecular Hbond substituents is 1. The molecule has 1 unspecified atom stereocenters. The summed E-state index contributed by atoms with van der Waals surface area (Å²) in [5.41, 5.74) is 1.92. The van der Waals surface area contributed by atoms with Crippen LogP contribution in [-0.4, -0.2) is 43.1 Å². The molecule has 6 nitrogen and oxygen atoms in total. The zero-order valence-corrected chi connectivity index (χ0v) is 18.2. The summed E-state index contributed by atoms with van der Waals surface area (Å²) in [7, 11) is -3.50. The van der Waals surface area contributed by atoms with Gasteiger partial charge in [0.1, 0.15) is 5.75 Å². The smallest absolute Gasteiger partial charge is 0.180 e. The summed E-state index contributed by atoms with van der Waals surface area (Å²) in [4.78, 5) is 17.1. The van der Waals surface area contributed by atoms with E-state index in [1.165, 1.54) is 18.5 Å². The van der Waals surface area contributed by atoms with E-state index in [1.807, 2.05) is 0 Å². The van der Waals surface area contributed by atoms with Crippen molar-refractivity contribution in [2.75, 3.05) is 18.8 Å². The molecule has 1 aliphatic carbocycles. The first-order valence-electron chi connectivity index (χ1n) is 10.3. The van der Waals surface area contributed by atoms with E-state index in [2.05, 4.69) is 10.3 Å². The monoisotopic (exact) mass is 448 g/mol. The van der Waals surface area contributed by atoms with Crippen molar-refractivity contribution in [1.29, 1.82) is 0 Å². The van der Waals surface area contributed by atoms with Gasteiger partial charge in [0.25, 0.3) is 0 Å². The summed E-state index contributed by atoms with van der Waals surface area (Å²) < 4.78 is 25.7. The van der Waals surface area contributed by atoms with E-state index in [9.17, 15) is 18.3 Å². The minimum absolute atomic E-state index is 0.0797. The van der Waals surface area contributed by atoms with Crippen LogP contribution in [0.4, 0.5) is 0 Å². The number of benzene rings is 1. The fourth-order valence-electron chi connectivity index (χ4n) is 4.54. The fourth-order valence-corrected chi connectivity index (χ4v) is 6.47. The van der Waals surface area contributed by atoms with Crippen LogP contribution in [0.3, 0.4) is 0 Å². The van der Waals surface area contributed by atoms with Crippen LogP contribution >= 0.6 is 11.6 Å². The molecule has 0 saturated carbocycles. The number of piperidine rings is 1. The van der Waals surface area contributed by atoms with Gasteiger partial charge in [-0.3, -0.25) is 9.78 Å². The average molecular weight is 449 g/mol. The van der Waals surface area contributed by atoms with Crippen molar-refractivity contribution in [2.24, 2.45) is 5.92 Å². The normalized spacial score (nSPS) is 19.6. The van der Waals surface area contributed by atoms with Crippen molar-refractivity contribution in [2.45, 2.75) is 42.9 Å². The molecule has 4 rings (SSSR count). The van der Waals surface area contributed by atoms with Crippen molar-refractivity contribution in [1.82, 2.24) is 10.3 Å². The number of hydrogen-bond donors (Lipinski definition) is 2. The maximum Gasteiger partial charge on any atom is 0.180 e. The molecule has 0 spiro atoms. The second-order valence-corrected chi connectivity index (χ2v) is 10.6. The zero-order chi connectivity index (χ0) is 21.3. The van der Waals surface area contributed by atoms with Crippen molar-refractivity contribution < 1.29 is 18.3 Å². The Bertz CT molecular complexity index is 1060. The average Bonchev–Trinajstić information content (AvgIpc) is 3.16. The first-order chi connectivity index (χ1) is 14.3. The molecule has 0 bridgehead atoms. The molecular formula is C22H25ClN2O4S. The van der Waals surface area contributed by atoms with E-state index < -0.39 is 9.84 Å². The predicted octanol–water partition coefficient (Wildman–Crippen LogP) is 3.52. The number of ketones is 1. The number of sulfone groups is 1. The number of pyridine rings is 1. The molecule has 2 heterocycles. The van der Waals surface area contributed by atoms with Crippen molar-refractivity contribution in [3.05, 3.63) is 52.3 Å². The third-order valence-electron chi connectivity index (χ3n) is 6.17. The van der Waals surface area contributed by atoms with Gasteiger partial charge in [-0.2, -0.15) is 0 Å². The van der Waals surface area contributed by atoms with Crippen LogP contribution in [-0.2, 0) is 16.3 Å². The summed E-state index contributed by atoms with van der Waals surface area (Å²) in [5, 5.41) is 14.1. The van der Waals surface area contributed by atoms with Crippen LogP contribution < -0.4 is 5.32 Å². The molecule has 1 aromatic carbocycles. The number of carbonyl (C=O) groups is 1. The topological polar surface area (TPSA) is 96.4 Å². The highest BCUT2D eigenvalue weighted by Gasteiger charge is 2.30. The van der Waals surface area contributed by atoms with Crippen LogP contribution in [0.1, 0.15) is 53.1 Å². The summed E-state index contributed by atoms with van der Waals surface area (Å²) in [6.45, 7) is 1.66. The summed E-state index contributed by atoms with van der Waals surface area (Å²) >= 11 is 6.23. The van der Waals surface area contributed by atoms with Crippen molar-refractivity contribution in [3.63, 3.8) is 0 Å². The van der Waals surface area contributed by atoms with Gasteiger partial charge in [-0.25, -0.2) is 8.42 Å². The van der Waals surface area contributed by atoms with Crippen LogP contribution in [0.25, 0.3) is 0 Å². The fraction of sp³-hybridized carbons (Fsp3) is 0.455. The molecule has 0 radical (unpaired) electrons. The first-order valence-corrected chi connectivity index (χ1v) is 12.3. The molecule has 2 aromatic rings. The Morgan fingerprint density at radius 1 is 1.20 bits per heavy atom. The molecule has 160 valence electrons. The number of halogens is 1. The van der Waals surface area contributed by atoms with Crippen LogP contribution in [0, 0.1) is 5.92 Å². The zero-order valence-electron chi connectivity index (χ0n) is 16.6. The van der Waals surface area contributed by atoms with Crippen LogP contribution in [0.5, 0.6) is 5.75 Å². The largest absolute Gasteiger partial charge is 0.508 e. The minimum Gasteiger partial charge on any atom is -0.508 e. The Morgan fingerprint density at radius 3 is 2.73 bits per heavy atom. The molecule has 1 aromatic heterocycles. The number of nitrogens with one attached hydrogen (secondary N) is 1. The lowest BCUT2D eigenvalue weighted by Gasteiger charge is -2.22. The van der Waals surface area contributed by atoms with Gasteiger partial charge < -0.3 is 10.4 Å². The highest BCUT2D eigenvalue weighted by atomic mass is 35.5. The molecule has 0 amide bonds. The number of hydrogen-bond acceptors (Lipinski definition) is 6. The number of rotatable bonds is 6. The lowest BCUT2D eigenvalue weighted by molar-refractivity contribution is 0.0973. The molecule has 30 heavy (non-hydrogen) atoms. The highest BCUT2D eigenvalue weighted by Crippen LogP contribution is 2.44. The van der Waals surface area contributed by atoms with E-state index in [-0.39, 0.29) is 46.0 Å². The van der Waals surface area contributed by atoms with E-state index in [0.717, 1.165) is 43.5 Å². The standard InChI is InChI=1S/C22H25ClN2O4S/c23-19-3-4-20(26)22-15(1-2-18(19)22)10-21(27)16-9-17(12-25-11-16)30(28,29)13-14-5-7-24-8-6-14/h3-4,9,11-12,14-15,24,26H,1-2,5-8,10,13H2. The van der Waals surface area contributed by atoms with E-state index >= 15 is 0 Å². The van der Waals surface area contributed by atoms with Crippen molar-refractivity contribution in [3.8, 4) is 5.75 Å². The van der Waals surface area contributed by atoms with Gasteiger partial charge in [0.05, 0.1) is 10.6 Å². The SMILES string of the molecule is O=C(CC1CCc2c(Cl)ccc(O)c21)c1cncc(S(=O)(=O)CC2CCNCC2)c1. The van der Waals surface area contributed by atoms with E-state index in [0.29, 0.717) is 11.4 Å². The highest BCUT2D eigenvalue weighted by molar-refractivity contribution is 7.91. The number of fused-ring (bicyclic) bond motifs is 1. The first kappa shape index (κ1) is 21.3. The number of phenols is 1. The lowest BCUT2D eigenvalue weighted by Crippen LogP contribution is -2.31. The van der Waals surface area contributed by atoms with Gasteiger partial charge in [-0.1, -0.05) is 11.6 Å². The van der Waals surface area contributed by atoms with Gasteiger partial charge in [0.2, 0.25) is 0 Å². The number of aromatic nitrogens is 1. The quantitative estimate of drug-likeness (QED) is 0.656. The molecule has 1 aliphatic heterocycles. The molecule has 1 saturated heterocycles. The Hall–Kier alpha value is -1.96. The van der Waals surface area contributed by atoms with Crippen LogP contribution in [0.15, 0.2) is 35.5 Å².